The summed E-state index contributed by atoms with van der Waals surface area (Å²) < 4.78 is 11.0. The van der Waals surface area contributed by atoms with Crippen molar-refractivity contribution in [3.05, 3.63) is 60.3 Å². The third-order valence-electron chi connectivity index (χ3n) is 6.93. The van der Waals surface area contributed by atoms with Gasteiger partial charge in [0.25, 0.3) is 5.91 Å². The highest BCUT2D eigenvalue weighted by atomic mass is 16.5. The molecule has 0 aliphatic carbocycles. The number of rotatable bonds is 13. The molecule has 1 aliphatic rings. The zero-order chi connectivity index (χ0) is 28.6. The highest BCUT2D eigenvalue weighted by molar-refractivity contribution is 6.02. The number of para-hydroxylation sites is 1. The minimum absolute atomic E-state index is 0.0787. The summed E-state index contributed by atoms with van der Waals surface area (Å²) in [6.45, 7) is 4.15. The molecule has 10 nitrogen and oxygen atoms in total. The fourth-order valence-electron chi connectivity index (χ4n) is 4.84. The van der Waals surface area contributed by atoms with E-state index in [9.17, 15) is 19.2 Å². The Morgan fingerprint density at radius 3 is 2.48 bits per heavy atom. The van der Waals surface area contributed by atoms with Crippen LogP contribution in [0.1, 0.15) is 43.6 Å². The van der Waals surface area contributed by atoms with Gasteiger partial charge in [-0.1, -0.05) is 38.1 Å². The summed E-state index contributed by atoms with van der Waals surface area (Å²) in [5.41, 5.74) is 1.01. The van der Waals surface area contributed by atoms with E-state index in [0.717, 1.165) is 10.9 Å². The Hall–Kier alpha value is -4.34. The number of hydrogen-bond donors (Lipinski definition) is 4. The molecule has 4 N–H and O–H groups in total. The molecule has 0 radical (unpaired) electrons. The zero-order valence-corrected chi connectivity index (χ0v) is 23.0. The van der Waals surface area contributed by atoms with Crippen molar-refractivity contribution < 1.29 is 28.7 Å². The van der Waals surface area contributed by atoms with Crippen molar-refractivity contribution in [2.45, 2.75) is 45.2 Å². The number of amides is 3. The van der Waals surface area contributed by atoms with Gasteiger partial charge in [0, 0.05) is 23.4 Å². The molecule has 10 heteroatoms. The van der Waals surface area contributed by atoms with Gasteiger partial charge in [-0.25, -0.2) is 0 Å². The van der Waals surface area contributed by atoms with Crippen LogP contribution >= 0.6 is 0 Å². The zero-order valence-electron chi connectivity index (χ0n) is 23.0. The number of fused-ring (bicyclic) bond motifs is 1. The van der Waals surface area contributed by atoms with Gasteiger partial charge in [-0.05, 0) is 55.5 Å². The predicted octanol–water partition coefficient (Wildman–Crippen LogP) is 2.98. The average Bonchev–Trinajstić information content (AvgIpc) is 3.57. The number of aromatic amines is 1. The molecular weight excluding hydrogens is 512 g/mol. The minimum Gasteiger partial charge on any atom is -0.496 e. The van der Waals surface area contributed by atoms with Gasteiger partial charge in [-0.2, -0.15) is 0 Å². The number of Topliss-reactive ketones (excluding diaryl/α,β-unsaturated/α-hetero) is 1. The van der Waals surface area contributed by atoms with E-state index in [-0.39, 0.29) is 36.3 Å². The normalized spacial score (nSPS) is 16.3. The van der Waals surface area contributed by atoms with E-state index in [1.807, 2.05) is 32.0 Å². The third-order valence-corrected chi connectivity index (χ3v) is 6.93. The molecule has 4 rings (SSSR count). The van der Waals surface area contributed by atoms with Gasteiger partial charge in [-0.15, -0.1) is 0 Å². The monoisotopic (exact) mass is 548 g/mol. The molecule has 1 aromatic heterocycles. The van der Waals surface area contributed by atoms with Crippen molar-refractivity contribution >= 4 is 34.4 Å². The summed E-state index contributed by atoms with van der Waals surface area (Å²) in [6.07, 6.45) is 1.08. The Balaban J connectivity index is 1.49. The Morgan fingerprint density at radius 2 is 1.80 bits per heavy atom. The van der Waals surface area contributed by atoms with Gasteiger partial charge in [0.2, 0.25) is 11.8 Å². The van der Waals surface area contributed by atoms with Gasteiger partial charge in [-0.3, -0.25) is 19.2 Å². The quantitative estimate of drug-likeness (QED) is 0.259. The maximum absolute atomic E-state index is 13.5. The molecule has 0 spiro atoms. The first kappa shape index (κ1) is 28.7. The van der Waals surface area contributed by atoms with E-state index in [1.54, 1.807) is 43.5 Å². The van der Waals surface area contributed by atoms with Crippen LogP contribution in [0, 0.1) is 11.8 Å². The average molecular weight is 549 g/mol. The van der Waals surface area contributed by atoms with E-state index in [1.165, 1.54) is 0 Å². The summed E-state index contributed by atoms with van der Waals surface area (Å²) in [6, 6.07) is 14.2. The number of aromatic nitrogens is 1. The molecule has 2 heterocycles. The molecule has 40 heavy (non-hydrogen) atoms. The van der Waals surface area contributed by atoms with Crippen LogP contribution in [0.3, 0.4) is 0 Å². The number of benzene rings is 2. The summed E-state index contributed by atoms with van der Waals surface area (Å²) in [5, 5.41) is 9.16. The summed E-state index contributed by atoms with van der Waals surface area (Å²) in [5.74, 6) is -0.609. The first-order valence-electron chi connectivity index (χ1n) is 13.5. The molecule has 212 valence electrons. The fraction of sp³-hybridized carbons (Fsp3) is 0.400. The Morgan fingerprint density at radius 1 is 1.02 bits per heavy atom. The maximum atomic E-state index is 13.5. The number of ketones is 1. The predicted molar refractivity (Wildman–Crippen MR) is 150 cm³/mol. The molecule has 0 saturated carbocycles. The van der Waals surface area contributed by atoms with Gasteiger partial charge < -0.3 is 30.4 Å². The van der Waals surface area contributed by atoms with Gasteiger partial charge >= 0.3 is 0 Å². The van der Waals surface area contributed by atoms with Crippen LogP contribution in [0.15, 0.2) is 54.6 Å². The summed E-state index contributed by atoms with van der Waals surface area (Å²) in [4.78, 5) is 55.3. The Bertz CT molecular complexity index is 1350. The number of nitrogens with one attached hydrogen (secondary N) is 4. The topological polar surface area (TPSA) is 139 Å². The number of methoxy groups -OCH3 is 1. The lowest BCUT2D eigenvalue weighted by Crippen LogP contribution is -2.53. The molecule has 3 amide bonds. The maximum Gasteiger partial charge on any atom is 0.268 e. The number of H-pyrrole nitrogens is 1. The molecule has 3 unspecified atom stereocenters. The van der Waals surface area contributed by atoms with Crippen LogP contribution in [0.5, 0.6) is 11.5 Å². The molecule has 2 aromatic carbocycles. The number of ether oxygens (including phenoxy) is 2. The van der Waals surface area contributed by atoms with Crippen LogP contribution in [0.4, 0.5) is 0 Å². The Labute approximate surface area is 233 Å². The lowest BCUT2D eigenvalue weighted by molar-refractivity contribution is -0.131. The first-order chi connectivity index (χ1) is 19.2. The van der Waals surface area contributed by atoms with E-state index in [4.69, 9.17) is 9.47 Å². The van der Waals surface area contributed by atoms with Crippen LogP contribution in [-0.4, -0.2) is 60.8 Å². The van der Waals surface area contributed by atoms with Crippen molar-refractivity contribution in [2.24, 2.45) is 11.8 Å². The standard InChI is InChI=1S/C30H36N4O6/c1-18(2)14-24(34-30(38)25-16-21-22(32-25)10-7-11-27(21)39-3)29(37)33-23(15-19-12-13-31-28(19)36)26(35)17-40-20-8-5-4-6-9-20/h4-11,16,18-19,23-24,32H,12-15,17H2,1-3H3,(H,31,36)(H,33,37)(H,34,38). The minimum atomic E-state index is -0.950. The highest BCUT2D eigenvalue weighted by Crippen LogP contribution is 2.26. The number of carbonyl (C=O) groups excluding carboxylic acids is 4. The second kappa shape index (κ2) is 13.1. The fourth-order valence-corrected chi connectivity index (χ4v) is 4.84. The molecule has 1 saturated heterocycles. The Kier molecular flexibility index (Phi) is 9.42. The van der Waals surface area contributed by atoms with Gasteiger partial charge in [0.1, 0.15) is 29.8 Å². The molecule has 3 atom stereocenters. The van der Waals surface area contributed by atoms with Crippen LogP contribution < -0.4 is 25.4 Å². The molecular formula is C30H36N4O6. The third kappa shape index (κ3) is 7.19. The van der Waals surface area contributed by atoms with E-state index < -0.39 is 29.8 Å². The lowest BCUT2D eigenvalue weighted by Gasteiger charge is -2.25. The summed E-state index contributed by atoms with van der Waals surface area (Å²) in [7, 11) is 1.56. The van der Waals surface area contributed by atoms with Gasteiger partial charge in [0.05, 0.1) is 13.2 Å². The van der Waals surface area contributed by atoms with Gasteiger partial charge in [0.15, 0.2) is 5.78 Å². The van der Waals surface area contributed by atoms with E-state index >= 15 is 0 Å². The van der Waals surface area contributed by atoms with Crippen LogP contribution in [0.25, 0.3) is 10.9 Å². The first-order valence-corrected chi connectivity index (χ1v) is 13.5. The molecule has 1 fully saturated rings. The van der Waals surface area contributed by atoms with Crippen molar-refractivity contribution in [3.8, 4) is 11.5 Å². The second-order valence-electron chi connectivity index (χ2n) is 10.4. The second-order valence-corrected chi connectivity index (χ2v) is 10.4. The van der Waals surface area contributed by atoms with Crippen LogP contribution in [0.2, 0.25) is 0 Å². The SMILES string of the molecule is COc1cccc2[nH]c(C(=O)NC(CC(C)C)C(=O)NC(CC3CCNC3=O)C(=O)COc3ccccc3)cc12. The van der Waals surface area contributed by atoms with E-state index in [2.05, 4.69) is 20.9 Å². The lowest BCUT2D eigenvalue weighted by atomic mass is 9.95. The van der Waals surface area contributed by atoms with Crippen molar-refractivity contribution in [1.29, 1.82) is 0 Å². The largest absolute Gasteiger partial charge is 0.496 e. The van der Waals surface area contributed by atoms with Crippen molar-refractivity contribution in [3.63, 3.8) is 0 Å². The van der Waals surface area contributed by atoms with Crippen LogP contribution in [-0.2, 0) is 14.4 Å². The number of carbonyl (C=O) groups is 4. The van der Waals surface area contributed by atoms with Crippen molar-refractivity contribution in [2.75, 3.05) is 20.3 Å². The number of hydrogen-bond acceptors (Lipinski definition) is 6. The highest BCUT2D eigenvalue weighted by Gasteiger charge is 2.33. The molecule has 3 aromatic rings. The molecule has 1 aliphatic heterocycles. The smallest absolute Gasteiger partial charge is 0.268 e. The molecule has 0 bridgehead atoms. The summed E-state index contributed by atoms with van der Waals surface area (Å²) >= 11 is 0. The van der Waals surface area contributed by atoms with E-state index in [0.29, 0.717) is 30.9 Å². The van der Waals surface area contributed by atoms with Crippen molar-refractivity contribution in [1.82, 2.24) is 20.9 Å².